The first-order chi connectivity index (χ1) is 6.27. The Hall–Kier alpha value is -1.13. The zero-order valence-electron chi connectivity index (χ0n) is 7.10. The summed E-state index contributed by atoms with van der Waals surface area (Å²) in [6, 6.07) is 1.75. The van der Waals surface area contributed by atoms with Gasteiger partial charge in [0, 0.05) is 11.8 Å². The standard InChI is InChI=1S/C9H9NO2S/c1-6-10-4-8(13-6)9(11)7-2-3-12-5-7/h2-5,9,11H,1H3. The maximum Gasteiger partial charge on any atom is 0.118 e. The predicted octanol–water partition coefficient (Wildman–Crippen LogP) is 2.13. The first-order valence-corrected chi connectivity index (χ1v) is 4.71. The van der Waals surface area contributed by atoms with E-state index in [0.29, 0.717) is 0 Å². The molecule has 0 aromatic carbocycles. The van der Waals surface area contributed by atoms with Crippen molar-refractivity contribution in [2.24, 2.45) is 0 Å². The molecule has 0 amide bonds. The fourth-order valence-electron chi connectivity index (χ4n) is 1.10. The first-order valence-electron chi connectivity index (χ1n) is 3.90. The molecule has 2 aromatic heterocycles. The Morgan fingerprint density at radius 2 is 2.46 bits per heavy atom. The van der Waals surface area contributed by atoms with Crippen LogP contribution >= 0.6 is 11.3 Å². The molecule has 4 heteroatoms. The van der Waals surface area contributed by atoms with Crippen molar-refractivity contribution < 1.29 is 9.52 Å². The summed E-state index contributed by atoms with van der Waals surface area (Å²) in [5.74, 6) is 0. The van der Waals surface area contributed by atoms with Crippen molar-refractivity contribution in [3.8, 4) is 0 Å². The third-order valence-electron chi connectivity index (χ3n) is 1.77. The zero-order valence-corrected chi connectivity index (χ0v) is 7.91. The van der Waals surface area contributed by atoms with Crippen LogP contribution in [0.25, 0.3) is 0 Å². The molecular formula is C9H9NO2S. The molecule has 0 radical (unpaired) electrons. The minimum absolute atomic E-state index is 0.607. The van der Waals surface area contributed by atoms with Crippen LogP contribution in [-0.2, 0) is 0 Å². The van der Waals surface area contributed by atoms with Crippen LogP contribution in [0, 0.1) is 6.92 Å². The molecule has 3 nitrogen and oxygen atoms in total. The molecule has 0 aliphatic carbocycles. The molecule has 0 bridgehead atoms. The zero-order chi connectivity index (χ0) is 9.26. The van der Waals surface area contributed by atoms with Gasteiger partial charge in [-0.15, -0.1) is 11.3 Å². The number of nitrogens with zero attached hydrogens (tertiary/aromatic N) is 1. The van der Waals surface area contributed by atoms with Crippen LogP contribution in [0.4, 0.5) is 0 Å². The van der Waals surface area contributed by atoms with Crippen LogP contribution in [0.3, 0.4) is 0 Å². The number of hydrogen-bond acceptors (Lipinski definition) is 4. The van der Waals surface area contributed by atoms with Crippen molar-refractivity contribution in [1.82, 2.24) is 4.98 Å². The Balaban J connectivity index is 2.28. The van der Waals surface area contributed by atoms with E-state index in [4.69, 9.17) is 4.42 Å². The van der Waals surface area contributed by atoms with Gasteiger partial charge < -0.3 is 9.52 Å². The van der Waals surface area contributed by atoms with E-state index in [1.165, 1.54) is 11.3 Å². The second-order valence-electron chi connectivity index (χ2n) is 2.74. The van der Waals surface area contributed by atoms with E-state index in [1.54, 1.807) is 24.8 Å². The molecule has 0 saturated heterocycles. The van der Waals surface area contributed by atoms with Gasteiger partial charge in [0.2, 0.25) is 0 Å². The molecule has 1 atom stereocenters. The lowest BCUT2D eigenvalue weighted by Crippen LogP contribution is -1.93. The lowest BCUT2D eigenvalue weighted by atomic mass is 10.2. The molecule has 68 valence electrons. The minimum atomic E-state index is -0.607. The van der Waals surface area contributed by atoms with Crippen LogP contribution in [0.15, 0.2) is 29.2 Å². The lowest BCUT2D eigenvalue weighted by molar-refractivity contribution is 0.223. The van der Waals surface area contributed by atoms with Crippen molar-refractivity contribution in [1.29, 1.82) is 0 Å². The quantitative estimate of drug-likeness (QED) is 0.798. The molecule has 1 unspecified atom stereocenters. The van der Waals surface area contributed by atoms with Gasteiger partial charge in [0.05, 0.1) is 22.4 Å². The number of hydrogen-bond donors (Lipinski definition) is 1. The summed E-state index contributed by atoms with van der Waals surface area (Å²) >= 11 is 1.49. The predicted molar refractivity (Wildman–Crippen MR) is 49.6 cm³/mol. The van der Waals surface area contributed by atoms with E-state index in [1.807, 2.05) is 6.92 Å². The Morgan fingerprint density at radius 1 is 1.62 bits per heavy atom. The fraction of sp³-hybridized carbons (Fsp3) is 0.222. The van der Waals surface area contributed by atoms with E-state index < -0.39 is 6.10 Å². The van der Waals surface area contributed by atoms with E-state index in [-0.39, 0.29) is 0 Å². The minimum Gasteiger partial charge on any atom is -0.472 e. The summed E-state index contributed by atoms with van der Waals surface area (Å²) in [6.07, 6.45) is 4.18. The molecule has 0 spiro atoms. The van der Waals surface area contributed by atoms with Gasteiger partial charge in [-0.2, -0.15) is 0 Å². The van der Waals surface area contributed by atoms with Crippen LogP contribution < -0.4 is 0 Å². The van der Waals surface area contributed by atoms with E-state index >= 15 is 0 Å². The number of aryl methyl sites for hydroxylation is 1. The van der Waals surface area contributed by atoms with Gasteiger partial charge in [-0.3, -0.25) is 0 Å². The Morgan fingerprint density at radius 3 is 3.00 bits per heavy atom. The molecule has 0 aliphatic rings. The third-order valence-corrected chi connectivity index (χ3v) is 2.73. The van der Waals surface area contributed by atoms with Gasteiger partial charge >= 0.3 is 0 Å². The summed E-state index contributed by atoms with van der Waals surface area (Å²) < 4.78 is 4.89. The van der Waals surface area contributed by atoms with Gasteiger partial charge in [0.25, 0.3) is 0 Å². The average molecular weight is 195 g/mol. The van der Waals surface area contributed by atoms with Gasteiger partial charge in [0.1, 0.15) is 6.10 Å². The molecule has 0 aliphatic heterocycles. The van der Waals surface area contributed by atoms with Gasteiger partial charge in [0.15, 0.2) is 0 Å². The molecule has 13 heavy (non-hydrogen) atoms. The van der Waals surface area contributed by atoms with E-state index in [9.17, 15) is 5.11 Å². The smallest absolute Gasteiger partial charge is 0.118 e. The fourth-order valence-corrected chi connectivity index (χ4v) is 1.90. The number of aromatic nitrogens is 1. The van der Waals surface area contributed by atoms with Gasteiger partial charge in [-0.1, -0.05) is 0 Å². The van der Waals surface area contributed by atoms with E-state index in [2.05, 4.69) is 4.98 Å². The second-order valence-corrected chi connectivity index (χ2v) is 4.01. The SMILES string of the molecule is Cc1ncc(C(O)c2ccoc2)s1. The number of furan rings is 1. The number of aliphatic hydroxyl groups is 1. The van der Waals surface area contributed by atoms with Crippen molar-refractivity contribution >= 4 is 11.3 Å². The van der Waals surface area contributed by atoms with Crippen LogP contribution in [0.2, 0.25) is 0 Å². The summed E-state index contributed by atoms with van der Waals surface area (Å²) in [5.41, 5.74) is 0.767. The van der Waals surface area contributed by atoms with Crippen molar-refractivity contribution in [2.45, 2.75) is 13.0 Å². The molecular weight excluding hydrogens is 186 g/mol. The van der Waals surface area contributed by atoms with Crippen molar-refractivity contribution in [3.05, 3.63) is 40.2 Å². The molecule has 2 heterocycles. The summed E-state index contributed by atoms with van der Waals surface area (Å²) in [4.78, 5) is 4.92. The van der Waals surface area contributed by atoms with Crippen molar-refractivity contribution in [3.63, 3.8) is 0 Å². The van der Waals surface area contributed by atoms with Gasteiger partial charge in [-0.25, -0.2) is 4.98 Å². The summed E-state index contributed by atoms with van der Waals surface area (Å²) in [5, 5.41) is 10.8. The van der Waals surface area contributed by atoms with E-state index in [0.717, 1.165) is 15.4 Å². The second kappa shape index (κ2) is 3.32. The number of rotatable bonds is 2. The highest BCUT2D eigenvalue weighted by molar-refractivity contribution is 7.11. The highest BCUT2D eigenvalue weighted by atomic mass is 32.1. The monoisotopic (exact) mass is 195 g/mol. The summed E-state index contributed by atoms with van der Waals surface area (Å²) in [7, 11) is 0. The maximum absolute atomic E-state index is 9.80. The molecule has 2 rings (SSSR count). The number of aliphatic hydroxyl groups excluding tert-OH is 1. The molecule has 1 N–H and O–H groups in total. The normalized spacial score (nSPS) is 13.1. The maximum atomic E-state index is 9.80. The topological polar surface area (TPSA) is 46.3 Å². The van der Waals surface area contributed by atoms with Crippen LogP contribution in [-0.4, -0.2) is 10.1 Å². The molecule has 0 fully saturated rings. The summed E-state index contributed by atoms with van der Waals surface area (Å²) in [6.45, 7) is 1.91. The molecule has 0 saturated carbocycles. The Labute approximate surface area is 79.7 Å². The highest BCUT2D eigenvalue weighted by Crippen LogP contribution is 2.26. The van der Waals surface area contributed by atoms with Crippen molar-refractivity contribution in [2.75, 3.05) is 0 Å². The van der Waals surface area contributed by atoms with Crippen LogP contribution in [0.5, 0.6) is 0 Å². The third kappa shape index (κ3) is 1.64. The van der Waals surface area contributed by atoms with Gasteiger partial charge in [-0.05, 0) is 13.0 Å². The average Bonchev–Trinajstić information content (AvgIpc) is 2.72. The Bertz CT molecular complexity index is 380. The first kappa shape index (κ1) is 8.47. The molecule has 2 aromatic rings. The van der Waals surface area contributed by atoms with Crippen LogP contribution in [0.1, 0.15) is 21.6 Å². The number of thiazole rings is 1. The lowest BCUT2D eigenvalue weighted by Gasteiger charge is -2.02. The largest absolute Gasteiger partial charge is 0.472 e. The Kier molecular flexibility index (Phi) is 2.16. The highest BCUT2D eigenvalue weighted by Gasteiger charge is 2.13.